The number of H-pyrrole nitrogens is 1. The molecule has 25 heavy (non-hydrogen) atoms. The molecule has 0 spiro atoms. The summed E-state index contributed by atoms with van der Waals surface area (Å²) >= 11 is 19.6. The van der Waals surface area contributed by atoms with E-state index in [4.69, 9.17) is 34.8 Å². The molecule has 0 saturated heterocycles. The summed E-state index contributed by atoms with van der Waals surface area (Å²) in [5, 5.41) is 5.23. The molecule has 3 aromatic heterocycles. The van der Waals surface area contributed by atoms with Crippen molar-refractivity contribution in [1.82, 2.24) is 19.9 Å². The Kier molecular flexibility index (Phi) is 4.52. The summed E-state index contributed by atoms with van der Waals surface area (Å²) in [5.41, 5.74) is 0.988. The molecule has 126 valence electrons. The molecule has 0 bridgehead atoms. The number of nitrogens with one attached hydrogen (secondary N) is 2. The molecule has 9 heteroatoms. The van der Waals surface area contributed by atoms with Crippen molar-refractivity contribution in [3.63, 3.8) is 0 Å². The summed E-state index contributed by atoms with van der Waals surface area (Å²) in [6.07, 6.45) is 3.39. The highest BCUT2D eigenvalue weighted by Gasteiger charge is 2.14. The van der Waals surface area contributed by atoms with Crippen LogP contribution in [0.1, 0.15) is 5.56 Å². The molecule has 0 aliphatic heterocycles. The van der Waals surface area contributed by atoms with E-state index < -0.39 is 0 Å². The van der Waals surface area contributed by atoms with E-state index in [0.29, 0.717) is 38.4 Å². The number of hydrogen-bond donors (Lipinski definition) is 2. The van der Waals surface area contributed by atoms with Crippen molar-refractivity contribution in [3.8, 4) is 11.6 Å². The smallest absolute Gasteiger partial charge is 0.199 e. The molecule has 2 N–H and O–H groups in total. The lowest BCUT2D eigenvalue weighted by Gasteiger charge is -2.09. The minimum absolute atomic E-state index is 0.507. The first-order valence-electron chi connectivity index (χ1n) is 7.25. The van der Waals surface area contributed by atoms with E-state index in [2.05, 4.69) is 25.3 Å². The third kappa shape index (κ3) is 3.43. The van der Waals surface area contributed by atoms with Gasteiger partial charge in [0.2, 0.25) is 0 Å². The van der Waals surface area contributed by atoms with Gasteiger partial charge in [-0.2, -0.15) is 0 Å². The number of aromatic nitrogens is 4. The summed E-state index contributed by atoms with van der Waals surface area (Å²) in [6, 6.07) is 7.35. The number of fused-ring (bicyclic) bond motifs is 1. The first-order chi connectivity index (χ1) is 12.1. The average molecular weight is 411 g/mol. The Morgan fingerprint density at radius 2 is 1.96 bits per heavy atom. The number of benzene rings is 1. The highest BCUT2D eigenvalue weighted by atomic mass is 35.5. The van der Waals surface area contributed by atoms with Crippen LogP contribution in [0.4, 0.5) is 5.82 Å². The summed E-state index contributed by atoms with van der Waals surface area (Å²) in [5.74, 6) is 1.79. The SMILES string of the molecule is Clc1cc2c(NCc3ccc(Cl)c(Cl)c3)nc(-c3ncc[nH]3)nc2s1. The van der Waals surface area contributed by atoms with Crippen molar-refractivity contribution in [2.45, 2.75) is 6.54 Å². The van der Waals surface area contributed by atoms with E-state index >= 15 is 0 Å². The zero-order valence-electron chi connectivity index (χ0n) is 12.6. The van der Waals surface area contributed by atoms with Crippen molar-refractivity contribution in [1.29, 1.82) is 0 Å². The molecule has 0 atom stereocenters. The minimum Gasteiger partial charge on any atom is -0.365 e. The Hall–Kier alpha value is -1.86. The second kappa shape index (κ2) is 6.80. The number of thiophene rings is 1. The molecule has 0 saturated carbocycles. The number of rotatable bonds is 4. The van der Waals surface area contributed by atoms with Crippen LogP contribution in [0, 0.1) is 0 Å². The predicted octanol–water partition coefficient (Wildman–Crippen LogP) is 5.65. The summed E-state index contributed by atoms with van der Waals surface area (Å²) in [7, 11) is 0. The fourth-order valence-corrected chi connectivity index (χ4v) is 3.76. The van der Waals surface area contributed by atoms with Crippen molar-refractivity contribution in [2.75, 3.05) is 5.32 Å². The normalized spacial score (nSPS) is 11.2. The third-order valence-electron chi connectivity index (χ3n) is 3.52. The van der Waals surface area contributed by atoms with Crippen LogP contribution in [0.5, 0.6) is 0 Å². The van der Waals surface area contributed by atoms with Gasteiger partial charge in [-0.05, 0) is 23.8 Å². The molecule has 0 amide bonds. The molecule has 0 aliphatic rings. The van der Waals surface area contributed by atoms with Gasteiger partial charge in [-0.3, -0.25) is 0 Å². The van der Waals surface area contributed by atoms with Crippen LogP contribution < -0.4 is 5.32 Å². The molecular weight excluding hydrogens is 401 g/mol. The molecule has 0 radical (unpaired) electrons. The van der Waals surface area contributed by atoms with Gasteiger partial charge < -0.3 is 10.3 Å². The summed E-state index contributed by atoms with van der Waals surface area (Å²) in [4.78, 5) is 17.1. The average Bonchev–Trinajstić information content (AvgIpc) is 3.24. The predicted molar refractivity (Wildman–Crippen MR) is 104 cm³/mol. The Balaban J connectivity index is 1.70. The number of anilines is 1. The van der Waals surface area contributed by atoms with Crippen LogP contribution in [-0.2, 0) is 6.54 Å². The lowest BCUT2D eigenvalue weighted by atomic mass is 10.2. The molecule has 0 fully saturated rings. The molecule has 5 nitrogen and oxygen atoms in total. The zero-order valence-corrected chi connectivity index (χ0v) is 15.6. The van der Waals surface area contributed by atoms with E-state index in [1.165, 1.54) is 11.3 Å². The van der Waals surface area contributed by atoms with E-state index in [0.717, 1.165) is 15.8 Å². The fourth-order valence-electron chi connectivity index (χ4n) is 2.36. The highest BCUT2D eigenvalue weighted by Crippen LogP contribution is 2.33. The maximum atomic E-state index is 6.16. The topological polar surface area (TPSA) is 66.5 Å². The zero-order chi connectivity index (χ0) is 17.4. The lowest BCUT2D eigenvalue weighted by Crippen LogP contribution is -2.04. The summed E-state index contributed by atoms with van der Waals surface area (Å²) in [6.45, 7) is 0.536. The number of hydrogen-bond acceptors (Lipinski definition) is 5. The first kappa shape index (κ1) is 16.6. The van der Waals surface area contributed by atoms with Gasteiger partial charge in [0.05, 0.1) is 19.8 Å². The molecule has 4 aromatic rings. The van der Waals surface area contributed by atoms with Crippen LogP contribution in [0.3, 0.4) is 0 Å². The van der Waals surface area contributed by atoms with Crippen molar-refractivity contribution in [2.24, 2.45) is 0 Å². The lowest BCUT2D eigenvalue weighted by molar-refractivity contribution is 1.09. The Morgan fingerprint density at radius 1 is 1.08 bits per heavy atom. The van der Waals surface area contributed by atoms with Crippen molar-refractivity contribution >= 4 is 62.2 Å². The van der Waals surface area contributed by atoms with Crippen LogP contribution in [0.2, 0.25) is 14.4 Å². The second-order valence-electron chi connectivity index (χ2n) is 5.20. The Labute approximate surface area is 162 Å². The standard InChI is InChI=1S/C16H10Cl3N5S/c17-10-2-1-8(5-11(10)18)7-22-13-9-6-12(19)25-16(9)24-15(23-13)14-20-3-4-21-14/h1-6H,7H2,(H,20,21)(H,22,23,24). The van der Waals surface area contributed by atoms with Crippen molar-refractivity contribution in [3.05, 3.63) is 56.6 Å². The van der Waals surface area contributed by atoms with Gasteiger partial charge in [-0.25, -0.2) is 15.0 Å². The van der Waals surface area contributed by atoms with Crippen LogP contribution >= 0.6 is 46.1 Å². The van der Waals surface area contributed by atoms with Crippen LogP contribution in [-0.4, -0.2) is 19.9 Å². The molecule has 3 heterocycles. The van der Waals surface area contributed by atoms with Crippen molar-refractivity contribution < 1.29 is 0 Å². The highest BCUT2D eigenvalue weighted by molar-refractivity contribution is 7.22. The number of imidazole rings is 1. The molecule has 4 rings (SSSR count). The van der Waals surface area contributed by atoms with E-state index in [1.807, 2.05) is 18.2 Å². The Morgan fingerprint density at radius 3 is 2.72 bits per heavy atom. The summed E-state index contributed by atoms with van der Waals surface area (Å²) < 4.78 is 0.651. The number of nitrogens with zero attached hydrogens (tertiary/aromatic N) is 3. The molecule has 0 unspecified atom stereocenters. The minimum atomic E-state index is 0.507. The maximum Gasteiger partial charge on any atom is 0.199 e. The van der Waals surface area contributed by atoms with Gasteiger partial charge in [0.1, 0.15) is 10.6 Å². The number of halogens is 3. The quantitative estimate of drug-likeness (QED) is 0.456. The van der Waals surface area contributed by atoms with Gasteiger partial charge in [-0.15, -0.1) is 11.3 Å². The van der Waals surface area contributed by atoms with Crippen LogP contribution in [0.25, 0.3) is 21.9 Å². The van der Waals surface area contributed by atoms with E-state index in [1.54, 1.807) is 18.5 Å². The van der Waals surface area contributed by atoms with E-state index in [9.17, 15) is 0 Å². The first-order valence-corrected chi connectivity index (χ1v) is 9.20. The third-order valence-corrected chi connectivity index (χ3v) is 5.41. The molecule has 0 aliphatic carbocycles. The largest absolute Gasteiger partial charge is 0.365 e. The van der Waals surface area contributed by atoms with Gasteiger partial charge >= 0.3 is 0 Å². The Bertz CT molecular complexity index is 1050. The van der Waals surface area contributed by atoms with Gasteiger partial charge in [0, 0.05) is 18.9 Å². The molecule has 1 aromatic carbocycles. The van der Waals surface area contributed by atoms with Crippen LogP contribution in [0.15, 0.2) is 36.7 Å². The van der Waals surface area contributed by atoms with E-state index in [-0.39, 0.29) is 0 Å². The monoisotopic (exact) mass is 409 g/mol. The molecular formula is C16H10Cl3N5S. The van der Waals surface area contributed by atoms with Gasteiger partial charge in [0.25, 0.3) is 0 Å². The maximum absolute atomic E-state index is 6.16. The number of aromatic amines is 1. The second-order valence-corrected chi connectivity index (χ2v) is 7.68. The van der Waals surface area contributed by atoms with Gasteiger partial charge in [0.15, 0.2) is 11.6 Å². The van der Waals surface area contributed by atoms with Gasteiger partial charge in [-0.1, -0.05) is 40.9 Å². The fraction of sp³-hybridized carbons (Fsp3) is 0.0625.